The summed E-state index contributed by atoms with van der Waals surface area (Å²) in [5, 5.41) is 3.49. The molecule has 1 aliphatic carbocycles. The zero-order chi connectivity index (χ0) is 21.2. The second kappa shape index (κ2) is 8.97. The maximum absolute atomic E-state index is 13.8. The third kappa shape index (κ3) is 4.19. The molecule has 1 saturated heterocycles. The first-order valence-electron chi connectivity index (χ1n) is 11.5. The Morgan fingerprint density at radius 2 is 1.94 bits per heavy atom. The van der Waals surface area contributed by atoms with Crippen LogP contribution in [0.2, 0.25) is 0 Å². The molecule has 5 rings (SSSR count). The first-order chi connectivity index (χ1) is 15.2. The smallest absolute Gasteiger partial charge is 0.230 e. The molecule has 3 heterocycles. The van der Waals surface area contributed by atoms with Gasteiger partial charge in [0, 0.05) is 38.0 Å². The van der Waals surface area contributed by atoms with Gasteiger partial charge in [-0.1, -0.05) is 12.1 Å². The van der Waals surface area contributed by atoms with E-state index in [0.29, 0.717) is 12.5 Å². The number of carbonyl (C=O) groups is 1. The minimum atomic E-state index is 0.0456. The summed E-state index contributed by atoms with van der Waals surface area (Å²) in [4.78, 5) is 20.3. The molecule has 3 aliphatic rings. The van der Waals surface area contributed by atoms with Crippen molar-refractivity contribution in [1.82, 2.24) is 4.98 Å². The summed E-state index contributed by atoms with van der Waals surface area (Å²) in [6, 6.07) is 10.5. The van der Waals surface area contributed by atoms with Gasteiger partial charge in [0.05, 0.1) is 24.0 Å². The van der Waals surface area contributed by atoms with Gasteiger partial charge in [0.2, 0.25) is 5.91 Å². The molecule has 1 saturated carbocycles. The van der Waals surface area contributed by atoms with Gasteiger partial charge in [-0.25, -0.2) is 4.98 Å². The monoisotopic (exact) mass is 421 g/mol. The van der Waals surface area contributed by atoms with Gasteiger partial charge >= 0.3 is 0 Å². The summed E-state index contributed by atoms with van der Waals surface area (Å²) in [6.07, 6.45) is 7.81. The summed E-state index contributed by atoms with van der Waals surface area (Å²) in [7, 11) is 1.77. The normalized spacial score (nSPS) is 24.0. The molecular weight excluding hydrogens is 390 g/mol. The average Bonchev–Trinajstić information content (AvgIpc) is 3.00. The van der Waals surface area contributed by atoms with Gasteiger partial charge in [0.25, 0.3) is 0 Å². The molecule has 2 fully saturated rings. The first-order valence-corrected chi connectivity index (χ1v) is 11.5. The van der Waals surface area contributed by atoms with E-state index in [1.807, 2.05) is 11.0 Å². The van der Waals surface area contributed by atoms with Crippen molar-refractivity contribution in [1.29, 1.82) is 0 Å². The van der Waals surface area contributed by atoms with Crippen LogP contribution >= 0.6 is 0 Å². The molecule has 1 amide bonds. The van der Waals surface area contributed by atoms with Gasteiger partial charge in [-0.2, -0.15) is 0 Å². The van der Waals surface area contributed by atoms with Crippen LogP contribution < -0.4 is 10.2 Å². The minimum absolute atomic E-state index is 0.0456. The van der Waals surface area contributed by atoms with Crippen LogP contribution in [0.15, 0.2) is 36.5 Å². The van der Waals surface area contributed by atoms with Crippen molar-refractivity contribution in [3.63, 3.8) is 0 Å². The predicted octanol–water partition coefficient (Wildman–Crippen LogP) is 4.77. The van der Waals surface area contributed by atoms with Crippen molar-refractivity contribution in [3.05, 3.63) is 47.7 Å². The molecule has 2 aromatic rings. The van der Waals surface area contributed by atoms with Gasteiger partial charge in [-0.15, -0.1) is 0 Å². The van der Waals surface area contributed by atoms with Gasteiger partial charge < -0.3 is 19.7 Å². The van der Waals surface area contributed by atoms with Crippen LogP contribution in [-0.2, 0) is 20.8 Å². The Morgan fingerprint density at radius 1 is 1.13 bits per heavy atom. The third-order valence-electron chi connectivity index (χ3n) is 7.10. The van der Waals surface area contributed by atoms with Crippen LogP contribution in [0.1, 0.15) is 55.6 Å². The number of methoxy groups -OCH3 is 1. The van der Waals surface area contributed by atoms with Crippen molar-refractivity contribution in [2.24, 2.45) is 5.92 Å². The zero-order valence-corrected chi connectivity index (χ0v) is 18.2. The number of nitrogens with one attached hydrogen (secondary N) is 1. The average molecular weight is 422 g/mol. The molecule has 0 bridgehead atoms. The van der Waals surface area contributed by atoms with Crippen molar-refractivity contribution in [2.45, 2.75) is 57.1 Å². The number of amides is 1. The van der Waals surface area contributed by atoms with E-state index in [0.717, 1.165) is 74.5 Å². The number of hydrogen-bond donors (Lipinski definition) is 1. The van der Waals surface area contributed by atoms with Crippen molar-refractivity contribution < 1.29 is 14.3 Å². The Labute approximate surface area is 183 Å². The van der Waals surface area contributed by atoms with Crippen LogP contribution in [0.3, 0.4) is 0 Å². The first kappa shape index (κ1) is 20.5. The van der Waals surface area contributed by atoms with Gasteiger partial charge in [0.1, 0.15) is 5.82 Å². The second-order valence-electron chi connectivity index (χ2n) is 8.93. The number of fused-ring (bicyclic) bond motifs is 2. The summed E-state index contributed by atoms with van der Waals surface area (Å²) in [5.74, 6) is 1.58. The summed E-state index contributed by atoms with van der Waals surface area (Å²) in [6.45, 7) is 2.16. The maximum Gasteiger partial charge on any atom is 0.230 e. The van der Waals surface area contributed by atoms with E-state index >= 15 is 0 Å². The van der Waals surface area contributed by atoms with Crippen molar-refractivity contribution in [2.75, 3.05) is 30.5 Å². The predicted molar refractivity (Wildman–Crippen MR) is 121 cm³/mol. The number of rotatable bonds is 3. The van der Waals surface area contributed by atoms with E-state index < -0.39 is 0 Å². The molecule has 1 aromatic heterocycles. The Hall–Kier alpha value is -2.44. The number of aromatic nitrogens is 1. The summed E-state index contributed by atoms with van der Waals surface area (Å²) < 4.78 is 11.1. The SMILES string of the molecule is CO[C@H]1CC[C@H](C(=O)N2Cc3cccnc3Nc3ccc(C4CCOCC4)cc32)CC1. The number of benzene rings is 1. The Bertz CT molecular complexity index is 933. The lowest BCUT2D eigenvalue weighted by molar-refractivity contribution is -0.124. The van der Waals surface area contributed by atoms with Crippen LogP contribution in [0.25, 0.3) is 0 Å². The third-order valence-corrected chi connectivity index (χ3v) is 7.10. The largest absolute Gasteiger partial charge is 0.381 e. The molecule has 1 N–H and O–H groups in total. The van der Waals surface area contributed by atoms with Crippen LogP contribution in [0.4, 0.5) is 17.2 Å². The summed E-state index contributed by atoms with van der Waals surface area (Å²) in [5.41, 5.74) is 4.27. The number of pyridine rings is 1. The molecule has 164 valence electrons. The lowest BCUT2D eigenvalue weighted by Gasteiger charge is -2.32. The Balaban J connectivity index is 1.49. The Morgan fingerprint density at radius 3 is 2.71 bits per heavy atom. The zero-order valence-electron chi connectivity index (χ0n) is 18.2. The quantitative estimate of drug-likeness (QED) is 0.773. The van der Waals surface area contributed by atoms with Crippen molar-refractivity contribution >= 4 is 23.1 Å². The molecule has 1 aromatic carbocycles. The molecule has 6 nitrogen and oxygen atoms in total. The molecule has 0 spiro atoms. The highest BCUT2D eigenvalue weighted by Crippen LogP contribution is 2.40. The topological polar surface area (TPSA) is 63.7 Å². The number of carbonyl (C=O) groups excluding carboxylic acids is 1. The van der Waals surface area contributed by atoms with E-state index in [4.69, 9.17) is 9.47 Å². The fourth-order valence-corrected chi connectivity index (χ4v) is 5.19. The molecular formula is C25H31N3O3. The van der Waals surface area contributed by atoms with E-state index in [9.17, 15) is 4.79 Å². The lowest BCUT2D eigenvalue weighted by atomic mass is 9.86. The fraction of sp³-hybridized carbons (Fsp3) is 0.520. The molecule has 0 unspecified atom stereocenters. The molecule has 0 radical (unpaired) electrons. The van der Waals surface area contributed by atoms with Crippen molar-refractivity contribution in [3.8, 4) is 0 Å². The van der Waals surface area contributed by atoms with E-state index in [-0.39, 0.29) is 17.9 Å². The standard InChI is InChI=1S/C25H31N3O3/c1-30-21-7-4-18(5-8-21)25(29)28-16-20-3-2-12-26-24(20)27-22-9-6-19(15-23(22)28)17-10-13-31-14-11-17/h2-3,6,9,12,15,17-18,21H,4-5,7-8,10-11,13-14,16H2,1H3,(H,26,27)/t18-,21-. The van der Waals surface area contributed by atoms with Crippen LogP contribution in [0.5, 0.6) is 0 Å². The van der Waals surface area contributed by atoms with Gasteiger partial charge in [0.15, 0.2) is 0 Å². The highest BCUT2D eigenvalue weighted by molar-refractivity contribution is 5.99. The van der Waals surface area contributed by atoms with E-state index in [1.165, 1.54) is 5.56 Å². The van der Waals surface area contributed by atoms with Gasteiger partial charge in [-0.3, -0.25) is 4.79 Å². The maximum atomic E-state index is 13.8. The molecule has 2 aliphatic heterocycles. The number of hydrogen-bond acceptors (Lipinski definition) is 5. The highest BCUT2D eigenvalue weighted by Gasteiger charge is 2.33. The van der Waals surface area contributed by atoms with E-state index in [1.54, 1.807) is 13.3 Å². The van der Waals surface area contributed by atoms with Crippen LogP contribution in [-0.4, -0.2) is 37.3 Å². The molecule has 0 atom stereocenters. The van der Waals surface area contributed by atoms with Crippen LogP contribution in [0, 0.1) is 5.92 Å². The Kier molecular flexibility index (Phi) is 5.92. The van der Waals surface area contributed by atoms with E-state index in [2.05, 4.69) is 34.6 Å². The highest BCUT2D eigenvalue weighted by atomic mass is 16.5. The number of nitrogens with zero attached hydrogens (tertiary/aromatic N) is 2. The number of anilines is 3. The fourth-order valence-electron chi connectivity index (χ4n) is 5.19. The molecule has 31 heavy (non-hydrogen) atoms. The number of ether oxygens (including phenoxy) is 2. The minimum Gasteiger partial charge on any atom is -0.381 e. The van der Waals surface area contributed by atoms with Gasteiger partial charge in [-0.05, 0) is 68.2 Å². The second-order valence-corrected chi connectivity index (χ2v) is 8.93. The lowest BCUT2D eigenvalue weighted by Crippen LogP contribution is -2.38. The summed E-state index contributed by atoms with van der Waals surface area (Å²) >= 11 is 0. The molecule has 6 heteroatoms.